The molecule has 0 saturated heterocycles. The van der Waals surface area contributed by atoms with Gasteiger partial charge in [0.15, 0.2) is 0 Å². The first-order valence-corrected chi connectivity index (χ1v) is 9.21. The lowest BCUT2D eigenvalue weighted by Crippen LogP contribution is -2.44. The predicted octanol–water partition coefficient (Wildman–Crippen LogP) is 5.36. The molecule has 0 atom stereocenters. The fourth-order valence-corrected chi connectivity index (χ4v) is 5.25. The fourth-order valence-electron chi connectivity index (χ4n) is 5.25. The smallest absolute Gasteiger partial charge is 0.0811 e. The Morgan fingerprint density at radius 1 is 0.833 bits per heavy atom. The van der Waals surface area contributed by atoms with Gasteiger partial charge in [0, 0.05) is 41.4 Å². The van der Waals surface area contributed by atoms with Crippen LogP contribution in [0.4, 0.5) is 5.69 Å². The van der Waals surface area contributed by atoms with E-state index in [9.17, 15) is 0 Å². The molecule has 0 bridgehead atoms. The maximum absolute atomic E-state index is 2.70. The van der Waals surface area contributed by atoms with E-state index in [2.05, 4.69) is 71.1 Å². The van der Waals surface area contributed by atoms with Gasteiger partial charge in [0.05, 0.1) is 5.54 Å². The van der Waals surface area contributed by atoms with Crippen molar-refractivity contribution in [3.63, 3.8) is 0 Å². The van der Waals surface area contributed by atoms with Crippen molar-refractivity contribution in [2.24, 2.45) is 7.05 Å². The Morgan fingerprint density at radius 2 is 1.54 bits per heavy atom. The number of rotatable bonds is 1. The first-order chi connectivity index (χ1) is 11.8. The van der Waals surface area contributed by atoms with E-state index in [1.54, 1.807) is 11.3 Å². The molecule has 2 heteroatoms. The molecule has 3 aromatic rings. The Bertz CT molecular complexity index is 885. The van der Waals surface area contributed by atoms with Crippen LogP contribution in [0.25, 0.3) is 10.9 Å². The van der Waals surface area contributed by atoms with Gasteiger partial charge < -0.3 is 9.47 Å². The molecule has 2 aromatic carbocycles. The van der Waals surface area contributed by atoms with Crippen LogP contribution in [-0.4, -0.2) is 4.57 Å². The van der Waals surface area contributed by atoms with Crippen LogP contribution < -0.4 is 4.90 Å². The van der Waals surface area contributed by atoms with E-state index in [4.69, 9.17) is 0 Å². The van der Waals surface area contributed by atoms with Crippen molar-refractivity contribution >= 4 is 16.6 Å². The number of benzene rings is 2. The summed E-state index contributed by atoms with van der Waals surface area (Å²) in [6.07, 6.45) is 6.61. The van der Waals surface area contributed by atoms with Crippen LogP contribution in [0.15, 0.2) is 54.6 Å². The Hall–Kier alpha value is -2.22. The molecule has 2 nitrogen and oxygen atoms in total. The van der Waals surface area contributed by atoms with E-state index >= 15 is 0 Å². The Balaban J connectivity index is 1.76. The molecule has 1 fully saturated rings. The van der Waals surface area contributed by atoms with Crippen LogP contribution in [-0.2, 0) is 19.1 Å². The van der Waals surface area contributed by atoms with Gasteiger partial charge in [-0.2, -0.15) is 0 Å². The van der Waals surface area contributed by atoms with Crippen LogP contribution in [0.1, 0.15) is 43.4 Å². The quantitative estimate of drug-likeness (QED) is 0.587. The molecule has 24 heavy (non-hydrogen) atoms. The van der Waals surface area contributed by atoms with Gasteiger partial charge in [0.1, 0.15) is 0 Å². The molecule has 1 aliphatic heterocycles. The van der Waals surface area contributed by atoms with Gasteiger partial charge in [0.2, 0.25) is 0 Å². The zero-order valence-electron chi connectivity index (χ0n) is 14.3. The third-order valence-electron chi connectivity index (χ3n) is 6.23. The fraction of sp³-hybridized carbons (Fsp3) is 0.364. The van der Waals surface area contributed by atoms with Gasteiger partial charge >= 0.3 is 0 Å². The molecule has 122 valence electrons. The van der Waals surface area contributed by atoms with Gasteiger partial charge in [-0.3, -0.25) is 0 Å². The van der Waals surface area contributed by atoms with Crippen LogP contribution in [0.2, 0.25) is 0 Å². The van der Waals surface area contributed by atoms with E-state index in [1.807, 2.05) is 0 Å². The van der Waals surface area contributed by atoms with Crippen molar-refractivity contribution in [2.45, 2.75) is 44.2 Å². The zero-order valence-corrected chi connectivity index (χ0v) is 14.3. The molecule has 0 unspecified atom stereocenters. The van der Waals surface area contributed by atoms with Crippen molar-refractivity contribution < 1.29 is 0 Å². The molecule has 1 spiro atoms. The average Bonchev–Trinajstić information content (AvgIpc) is 3.11. The molecule has 0 amide bonds. The summed E-state index contributed by atoms with van der Waals surface area (Å²) in [6, 6.07) is 20.0. The number of hydrogen-bond acceptors (Lipinski definition) is 1. The number of anilines is 1. The topological polar surface area (TPSA) is 8.17 Å². The standard InChI is InChI=1S/C22H24N2/c1-23-20-13-7-6-12-18(20)19-16-24(17-10-4-2-5-11-17)22(21(19)23)14-8-3-9-15-22/h2,4-7,10-13H,3,8-9,14-16H2,1H3. The van der Waals surface area contributed by atoms with Crippen molar-refractivity contribution in [1.82, 2.24) is 4.57 Å². The molecule has 0 radical (unpaired) electrons. The van der Waals surface area contributed by atoms with E-state index in [0.717, 1.165) is 6.54 Å². The summed E-state index contributed by atoms with van der Waals surface area (Å²) in [6.45, 7) is 1.04. The molecule has 2 aliphatic rings. The van der Waals surface area contributed by atoms with Crippen molar-refractivity contribution in [3.05, 3.63) is 65.9 Å². The lowest BCUT2D eigenvalue weighted by atomic mass is 9.78. The molecule has 1 aliphatic carbocycles. The van der Waals surface area contributed by atoms with Crippen LogP contribution >= 0.6 is 0 Å². The second-order valence-corrected chi connectivity index (χ2v) is 7.42. The highest BCUT2D eigenvalue weighted by Gasteiger charge is 2.48. The van der Waals surface area contributed by atoms with Crippen molar-refractivity contribution in [2.75, 3.05) is 4.90 Å². The van der Waals surface area contributed by atoms with Crippen molar-refractivity contribution in [3.8, 4) is 0 Å². The number of aryl methyl sites for hydroxylation is 1. The van der Waals surface area contributed by atoms with E-state index in [-0.39, 0.29) is 5.54 Å². The molecule has 1 saturated carbocycles. The summed E-state index contributed by atoms with van der Waals surface area (Å²) in [7, 11) is 2.27. The second-order valence-electron chi connectivity index (χ2n) is 7.42. The lowest BCUT2D eigenvalue weighted by Gasteiger charge is -2.44. The number of aromatic nitrogens is 1. The summed E-state index contributed by atoms with van der Waals surface area (Å²) < 4.78 is 2.49. The minimum atomic E-state index is 0.183. The highest BCUT2D eigenvalue weighted by molar-refractivity contribution is 5.88. The zero-order chi connectivity index (χ0) is 16.1. The van der Waals surface area contributed by atoms with Crippen LogP contribution in [0.3, 0.4) is 0 Å². The van der Waals surface area contributed by atoms with Gasteiger partial charge in [-0.15, -0.1) is 0 Å². The SMILES string of the molecule is Cn1c2c(c3ccccc31)CN(c1ccccc1)C21CCCCC1. The highest BCUT2D eigenvalue weighted by atomic mass is 15.3. The minimum Gasteiger partial charge on any atom is -0.356 e. The number of fused-ring (bicyclic) bond motifs is 4. The first-order valence-electron chi connectivity index (χ1n) is 9.21. The molecule has 5 rings (SSSR count). The van der Waals surface area contributed by atoms with E-state index in [1.165, 1.54) is 48.7 Å². The molecular formula is C22H24N2. The van der Waals surface area contributed by atoms with Gasteiger partial charge in [-0.1, -0.05) is 55.7 Å². The van der Waals surface area contributed by atoms with E-state index in [0.29, 0.717) is 0 Å². The second kappa shape index (κ2) is 5.14. The van der Waals surface area contributed by atoms with Crippen LogP contribution in [0, 0.1) is 0 Å². The largest absolute Gasteiger partial charge is 0.356 e. The third kappa shape index (κ3) is 1.77. The van der Waals surface area contributed by atoms with Crippen molar-refractivity contribution in [1.29, 1.82) is 0 Å². The lowest BCUT2D eigenvalue weighted by molar-refractivity contribution is 0.282. The summed E-state index contributed by atoms with van der Waals surface area (Å²) >= 11 is 0. The summed E-state index contributed by atoms with van der Waals surface area (Å²) in [5.41, 5.74) is 6.08. The van der Waals surface area contributed by atoms with Gasteiger partial charge in [0.25, 0.3) is 0 Å². The number of para-hydroxylation sites is 2. The summed E-state index contributed by atoms with van der Waals surface area (Å²) in [5.74, 6) is 0. The highest BCUT2D eigenvalue weighted by Crippen LogP contribution is 2.52. The minimum absolute atomic E-state index is 0.183. The molecular weight excluding hydrogens is 292 g/mol. The van der Waals surface area contributed by atoms with Gasteiger partial charge in [-0.25, -0.2) is 0 Å². The molecule has 2 heterocycles. The first kappa shape index (κ1) is 14.2. The Kier molecular flexibility index (Phi) is 3.03. The maximum Gasteiger partial charge on any atom is 0.0811 e. The number of nitrogens with zero attached hydrogens (tertiary/aromatic N) is 2. The molecule has 1 aromatic heterocycles. The maximum atomic E-state index is 2.70. The predicted molar refractivity (Wildman–Crippen MR) is 100 cm³/mol. The van der Waals surface area contributed by atoms with Crippen LogP contribution in [0.5, 0.6) is 0 Å². The summed E-state index contributed by atoms with van der Waals surface area (Å²) in [4.78, 5) is 2.70. The Labute approximate surface area is 143 Å². The van der Waals surface area contributed by atoms with Gasteiger partial charge in [-0.05, 0) is 31.0 Å². The summed E-state index contributed by atoms with van der Waals surface area (Å²) in [5, 5.41) is 1.44. The van der Waals surface area contributed by atoms with E-state index < -0.39 is 0 Å². The average molecular weight is 316 g/mol. The monoisotopic (exact) mass is 316 g/mol. The third-order valence-corrected chi connectivity index (χ3v) is 6.23. The Morgan fingerprint density at radius 3 is 2.33 bits per heavy atom. The number of hydrogen-bond donors (Lipinski definition) is 0. The normalized spacial score (nSPS) is 19.1. The molecule has 0 N–H and O–H groups in total.